The Bertz CT molecular complexity index is 3190. The van der Waals surface area contributed by atoms with Crippen molar-refractivity contribution < 1.29 is 0 Å². The third kappa shape index (κ3) is 5.38. The van der Waals surface area contributed by atoms with Gasteiger partial charge in [0.25, 0.3) is 0 Å². The van der Waals surface area contributed by atoms with Gasteiger partial charge in [0.15, 0.2) is 0 Å². The number of fused-ring (bicyclic) bond motifs is 12. The normalized spacial score (nSPS) is 19.1. The average molecular weight is 783 g/mol. The first-order valence-corrected chi connectivity index (χ1v) is 21.9. The number of nitrogens with zero attached hydrogens (tertiary/aromatic N) is 2. The van der Waals surface area contributed by atoms with Crippen molar-refractivity contribution in [2.24, 2.45) is 16.3 Å². The molecule has 0 saturated heterocycles. The molecule has 4 aliphatic rings. The summed E-state index contributed by atoms with van der Waals surface area (Å²) in [6.45, 7) is 4.89. The van der Waals surface area contributed by atoms with Crippen LogP contribution in [0.4, 0.5) is 0 Å². The summed E-state index contributed by atoms with van der Waals surface area (Å²) in [6.07, 6.45) is 15.0. The number of allylic oxidation sites excluding steroid dienone is 7. The fourth-order valence-corrected chi connectivity index (χ4v) is 11.2. The molecule has 3 heterocycles. The summed E-state index contributed by atoms with van der Waals surface area (Å²) >= 11 is 0. The molecule has 12 rings (SSSR count). The molecule has 2 aliphatic carbocycles. The van der Waals surface area contributed by atoms with E-state index in [1.54, 1.807) is 0 Å². The van der Waals surface area contributed by atoms with E-state index in [9.17, 15) is 0 Å². The molecule has 0 N–H and O–H groups in total. The highest BCUT2D eigenvalue weighted by molar-refractivity contribution is 6.14. The van der Waals surface area contributed by atoms with E-state index in [1.165, 1.54) is 83.1 Å². The molecule has 1 aromatic heterocycles. The molecule has 1 unspecified atom stereocenters. The predicted molar refractivity (Wildman–Crippen MR) is 255 cm³/mol. The number of hydrogen-bond donors (Lipinski definition) is 0. The summed E-state index contributed by atoms with van der Waals surface area (Å²) in [5, 5.41) is 2.59. The van der Waals surface area contributed by atoms with Crippen LogP contribution in [0.3, 0.4) is 0 Å². The van der Waals surface area contributed by atoms with Gasteiger partial charge >= 0.3 is 0 Å². The van der Waals surface area contributed by atoms with Gasteiger partial charge in [0, 0.05) is 22.4 Å². The lowest BCUT2D eigenvalue weighted by Crippen LogP contribution is -2.33. The van der Waals surface area contributed by atoms with Gasteiger partial charge in [-0.2, -0.15) is 0 Å². The van der Waals surface area contributed by atoms with Crippen LogP contribution >= 0.6 is 0 Å². The van der Waals surface area contributed by atoms with Crippen LogP contribution in [0.25, 0.3) is 49.9 Å². The van der Waals surface area contributed by atoms with Gasteiger partial charge in [0.2, 0.25) is 0 Å². The summed E-state index contributed by atoms with van der Waals surface area (Å²) in [7, 11) is 0. The van der Waals surface area contributed by atoms with Crippen LogP contribution in [-0.4, -0.2) is 10.3 Å². The summed E-state index contributed by atoms with van der Waals surface area (Å²) in [5.41, 5.74) is 19.8. The van der Waals surface area contributed by atoms with Crippen molar-refractivity contribution in [1.29, 1.82) is 0 Å². The van der Waals surface area contributed by atoms with Crippen molar-refractivity contribution in [3.8, 4) is 16.8 Å². The second-order valence-electron chi connectivity index (χ2n) is 17.9. The number of aromatic nitrogens is 1. The van der Waals surface area contributed by atoms with Gasteiger partial charge in [-0.15, -0.1) is 0 Å². The molecule has 61 heavy (non-hydrogen) atoms. The van der Waals surface area contributed by atoms with Crippen LogP contribution in [-0.2, 0) is 5.41 Å². The first-order valence-electron chi connectivity index (χ1n) is 21.9. The van der Waals surface area contributed by atoms with Crippen molar-refractivity contribution >= 4 is 38.8 Å². The quantitative estimate of drug-likeness (QED) is 0.169. The molecular formula is C59H46N2. The molecule has 0 fully saturated rings. The number of hydrogen-bond acceptors (Lipinski definition) is 1. The van der Waals surface area contributed by atoms with Gasteiger partial charge in [-0.05, 0) is 110 Å². The summed E-state index contributed by atoms with van der Waals surface area (Å²) in [5.74, 6) is 0.181. The van der Waals surface area contributed by atoms with E-state index >= 15 is 0 Å². The molecule has 0 radical (unpaired) electrons. The summed E-state index contributed by atoms with van der Waals surface area (Å²) in [6, 6.07) is 62.9. The van der Waals surface area contributed by atoms with Crippen molar-refractivity contribution in [3.63, 3.8) is 0 Å². The maximum Gasteiger partial charge on any atom is 0.0754 e. The third-order valence-corrected chi connectivity index (χ3v) is 14.1. The standard InChI is InChI=1S/C59H46N2/c1-58(2)35-34-53(41-18-5-3-6-19-41)60-54(42-20-7-4-8-21-42)38-51(58)40-23-17-22-39(32-33-40)43-36-47-46-26-11-15-30-55(46)61-56-31-16-14-29-50(56)59(52(37-43)57(47)61)48-27-12-9-24-44(48)45-25-10-13-28-49(45)59/h3-16,18-33,36-38,51H,17,34-35H2,1-2H3/b54-38-,60-53?. The molecule has 2 heteroatoms. The van der Waals surface area contributed by atoms with Crippen molar-refractivity contribution in [3.05, 3.63) is 245 Å². The van der Waals surface area contributed by atoms with Crippen molar-refractivity contribution in [2.75, 3.05) is 0 Å². The van der Waals surface area contributed by atoms with Crippen LogP contribution in [0, 0.1) is 11.3 Å². The number of benzene rings is 7. The number of rotatable bonds is 4. The lowest BCUT2D eigenvalue weighted by molar-refractivity contribution is 0.275. The fourth-order valence-electron chi connectivity index (χ4n) is 11.2. The fraction of sp³-hybridized carbons (Fsp3) is 0.136. The first kappa shape index (κ1) is 35.9. The van der Waals surface area contributed by atoms with E-state index in [0.29, 0.717) is 0 Å². The second kappa shape index (κ2) is 13.8. The molecule has 0 bridgehead atoms. The van der Waals surface area contributed by atoms with Gasteiger partial charge in [-0.3, -0.25) is 4.99 Å². The van der Waals surface area contributed by atoms with Gasteiger partial charge in [-0.25, -0.2) is 0 Å². The molecule has 1 atom stereocenters. The zero-order valence-electron chi connectivity index (χ0n) is 34.6. The minimum atomic E-state index is -0.471. The van der Waals surface area contributed by atoms with Crippen molar-refractivity contribution in [2.45, 2.75) is 38.5 Å². The Morgan fingerprint density at radius 3 is 1.95 bits per heavy atom. The van der Waals surface area contributed by atoms with Crippen molar-refractivity contribution in [1.82, 2.24) is 4.57 Å². The maximum atomic E-state index is 5.45. The van der Waals surface area contributed by atoms with E-state index in [4.69, 9.17) is 4.99 Å². The Balaban J connectivity index is 1.04. The Labute approximate surface area is 358 Å². The Morgan fingerprint density at radius 2 is 1.20 bits per heavy atom. The zero-order chi connectivity index (χ0) is 40.7. The molecule has 7 aromatic carbocycles. The highest BCUT2D eigenvalue weighted by Crippen LogP contribution is 2.61. The highest BCUT2D eigenvalue weighted by atomic mass is 15.0. The third-order valence-electron chi connectivity index (χ3n) is 14.1. The maximum absolute atomic E-state index is 5.45. The van der Waals surface area contributed by atoms with Crippen LogP contribution in [0.15, 0.2) is 211 Å². The molecule has 2 aliphatic heterocycles. The largest absolute Gasteiger partial charge is 0.309 e. The topological polar surface area (TPSA) is 17.3 Å². The van der Waals surface area contributed by atoms with Crippen LogP contribution in [0.1, 0.15) is 72.1 Å². The second-order valence-corrected chi connectivity index (χ2v) is 17.9. The smallest absolute Gasteiger partial charge is 0.0754 e. The van der Waals surface area contributed by atoms with Gasteiger partial charge < -0.3 is 4.57 Å². The van der Waals surface area contributed by atoms with Crippen LogP contribution in [0.2, 0.25) is 0 Å². The highest BCUT2D eigenvalue weighted by Gasteiger charge is 2.51. The van der Waals surface area contributed by atoms with E-state index < -0.39 is 5.41 Å². The monoisotopic (exact) mass is 782 g/mol. The number of aliphatic imine (C=N–C) groups is 1. The molecule has 8 aromatic rings. The Hall–Kier alpha value is -7.03. The molecule has 1 spiro atoms. The average Bonchev–Trinajstić information content (AvgIpc) is 3.66. The minimum Gasteiger partial charge on any atom is -0.309 e. The number of para-hydroxylation sites is 2. The molecule has 0 saturated carbocycles. The Morgan fingerprint density at radius 1 is 0.557 bits per heavy atom. The predicted octanol–water partition coefficient (Wildman–Crippen LogP) is 14.7. The Kier molecular flexibility index (Phi) is 8.09. The van der Waals surface area contributed by atoms with Crippen LogP contribution < -0.4 is 0 Å². The SMILES string of the molecule is CC1(C)CCC(c2ccccc2)=N/C(c2ccccc2)=C\C1C1=CCC=C(c2cc3c4c(c2)c2ccccc2n4-c2ccccc2C32c3ccccc3-c3ccccc32)C=C1. The minimum absolute atomic E-state index is 0.00931. The van der Waals surface area contributed by atoms with Gasteiger partial charge in [0.05, 0.1) is 27.8 Å². The van der Waals surface area contributed by atoms with E-state index in [0.717, 1.165) is 36.2 Å². The summed E-state index contributed by atoms with van der Waals surface area (Å²) < 4.78 is 2.55. The summed E-state index contributed by atoms with van der Waals surface area (Å²) in [4.78, 5) is 5.45. The lowest BCUT2D eigenvalue weighted by Gasteiger charge is -2.40. The van der Waals surface area contributed by atoms with E-state index in [1.807, 2.05) is 0 Å². The first-order chi connectivity index (χ1) is 30.0. The lowest BCUT2D eigenvalue weighted by atomic mass is 9.65. The molecule has 0 amide bonds. The zero-order valence-corrected chi connectivity index (χ0v) is 34.6. The van der Waals surface area contributed by atoms with E-state index in [-0.39, 0.29) is 11.3 Å². The molecule has 2 nitrogen and oxygen atoms in total. The van der Waals surface area contributed by atoms with Gasteiger partial charge in [0.1, 0.15) is 0 Å². The van der Waals surface area contributed by atoms with E-state index in [2.05, 4.69) is 219 Å². The molecule has 292 valence electrons. The van der Waals surface area contributed by atoms with Crippen LogP contribution in [0.5, 0.6) is 0 Å². The molecular weight excluding hydrogens is 737 g/mol. The van der Waals surface area contributed by atoms with Gasteiger partial charge in [-0.1, -0.05) is 190 Å².